The highest BCUT2D eigenvalue weighted by Crippen LogP contribution is 2.06. The van der Waals surface area contributed by atoms with Crippen molar-refractivity contribution >= 4 is 21.7 Å². The number of carboxylic acids is 1. The second kappa shape index (κ2) is 6.83. The van der Waals surface area contributed by atoms with E-state index in [9.17, 15) is 18.0 Å². The zero-order valence-electron chi connectivity index (χ0n) is 10.4. The Bertz CT molecular complexity index is 435. The van der Waals surface area contributed by atoms with Gasteiger partial charge in [-0.2, -0.15) is 0 Å². The molecule has 1 heterocycles. The lowest BCUT2D eigenvalue weighted by Crippen LogP contribution is -2.47. The molecule has 0 bridgehead atoms. The number of nitrogens with two attached hydrogens (primary N) is 1. The van der Waals surface area contributed by atoms with Crippen LogP contribution in [-0.2, 0) is 24.2 Å². The quantitative estimate of drug-likeness (QED) is 0.559. The molecule has 1 amide bonds. The molecule has 1 fully saturated rings. The van der Waals surface area contributed by atoms with Gasteiger partial charge in [-0.1, -0.05) is 0 Å². The number of ether oxygens (including phenoxy) is 1. The molecule has 1 unspecified atom stereocenters. The molecule has 0 aromatic rings. The number of carbonyl (C=O) groups excluding carboxylic acids is 1. The summed E-state index contributed by atoms with van der Waals surface area (Å²) in [6.45, 7) is 1.16. The fourth-order valence-corrected chi connectivity index (χ4v) is 2.93. The summed E-state index contributed by atoms with van der Waals surface area (Å²) in [6.07, 6.45) is -1.11. The number of carbonyl (C=O) groups is 2. The van der Waals surface area contributed by atoms with Crippen LogP contribution in [0.3, 0.4) is 0 Å². The molecule has 1 aliphatic heterocycles. The van der Waals surface area contributed by atoms with Gasteiger partial charge in [-0.05, 0) is 0 Å². The summed E-state index contributed by atoms with van der Waals surface area (Å²) in [7, 11) is -3.34. The normalized spacial score (nSPS) is 21.2. The summed E-state index contributed by atoms with van der Waals surface area (Å²) < 4.78 is 28.3. The van der Waals surface area contributed by atoms with E-state index in [0.29, 0.717) is 6.54 Å². The van der Waals surface area contributed by atoms with Crippen LogP contribution in [0.5, 0.6) is 0 Å². The van der Waals surface area contributed by atoms with Crippen molar-refractivity contribution in [1.82, 2.24) is 4.90 Å². The van der Waals surface area contributed by atoms with Gasteiger partial charge in [0.25, 0.3) is 0 Å². The molecule has 1 saturated heterocycles. The third kappa shape index (κ3) is 5.99. The van der Waals surface area contributed by atoms with Gasteiger partial charge in [-0.3, -0.25) is 9.69 Å². The van der Waals surface area contributed by atoms with Crippen LogP contribution in [0.2, 0.25) is 0 Å². The Balaban J connectivity index is 2.39. The number of rotatable bonds is 7. The lowest BCUT2D eigenvalue weighted by Gasteiger charge is -2.30. The fraction of sp³-hybridized carbons (Fsp3) is 0.800. The van der Waals surface area contributed by atoms with Crippen molar-refractivity contribution in [1.29, 1.82) is 0 Å². The second-order valence-corrected chi connectivity index (χ2v) is 6.67. The highest BCUT2D eigenvalue weighted by atomic mass is 32.2. The molecule has 1 atom stereocenters. The van der Waals surface area contributed by atoms with E-state index in [0.717, 1.165) is 0 Å². The minimum atomic E-state index is -3.34. The van der Waals surface area contributed by atoms with E-state index >= 15 is 0 Å². The number of sulfone groups is 1. The Morgan fingerprint density at radius 2 is 2.05 bits per heavy atom. The molecule has 0 aliphatic carbocycles. The van der Waals surface area contributed by atoms with Crippen molar-refractivity contribution in [2.75, 3.05) is 37.7 Å². The van der Waals surface area contributed by atoms with Crippen molar-refractivity contribution in [2.24, 2.45) is 5.73 Å². The summed E-state index contributed by atoms with van der Waals surface area (Å²) >= 11 is 0. The molecule has 0 aromatic carbocycles. The van der Waals surface area contributed by atoms with E-state index in [1.54, 1.807) is 4.90 Å². The van der Waals surface area contributed by atoms with Crippen molar-refractivity contribution in [3.05, 3.63) is 0 Å². The molecule has 0 saturated carbocycles. The largest absolute Gasteiger partial charge is 0.479 e. The van der Waals surface area contributed by atoms with Crippen LogP contribution < -0.4 is 5.73 Å². The van der Waals surface area contributed by atoms with E-state index in [-0.39, 0.29) is 37.6 Å². The van der Waals surface area contributed by atoms with Gasteiger partial charge in [-0.15, -0.1) is 0 Å². The minimum Gasteiger partial charge on any atom is -0.479 e. The Morgan fingerprint density at radius 1 is 1.37 bits per heavy atom. The molecule has 0 aromatic heterocycles. The van der Waals surface area contributed by atoms with Gasteiger partial charge in [0.1, 0.15) is 0 Å². The predicted octanol–water partition coefficient (Wildman–Crippen LogP) is -1.94. The van der Waals surface area contributed by atoms with Crippen LogP contribution in [0.1, 0.15) is 6.42 Å². The van der Waals surface area contributed by atoms with E-state index in [4.69, 9.17) is 15.6 Å². The summed E-state index contributed by atoms with van der Waals surface area (Å²) in [6, 6.07) is 0. The van der Waals surface area contributed by atoms with Crippen molar-refractivity contribution in [3.63, 3.8) is 0 Å². The Labute approximate surface area is 111 Å². The monoisotopic (exact) mass is 294 g/mol. The molecule has 110 valence electrons. The highest BCUT2D eigenvalue weighted by Gasteiger charge is 2.26. The third-order valence-electron chi connectivity index (χ3n) is 2.80. The SMILES string of the molecule is NC(=O)CCS(=O)(=O)CCN1CCOC(C(=O)O)C1. The summed E-state index contributed by atoms with van der Waals surface area (Å²) in [5.41, 5.74) is 4.89. The first kappa shape index (κ1) is 15.9. The zero-order chi connectivity index (χ0) is 14.5. The number of carboxylic acid groups (broad SMARTS) is 1. The minimum absolute atomic E-state index is 0.118. The first-order valence-corrected chi connectivity index (χ1v) is 7.68. The summed E-state index contributed by atoms with van der Waals surface area (Å²) in [4.78, 5) is 23.0. The predicted molar refractivity (Wildman–Crippen MR) is 66.3 cm³/mol. The van der Waals surface area contributed by atoms with E-state index in [1.807, 2.05) is 0 Å². The summed E-state index contributed by atoms with van der Waals surface area (Å²) in [5.74, 6) is -2.09. The third-order valence-corrected chi connectivity index (χ3v) is 4.43. The maximum atomic E-state index is 11.6. The Hall–Kier alpha value is -1.19. The van der Waals surface area contributed by atoms with Crippen LogP contribution in [0.4, 0.5) is 0 Å². The topological polar surface area (TPSA) is 127 Å². The molecule has 1 rings (SSSR count). The van der Waals surface area contributed by atoms with E-state index in [1.165, 1.54) is 0 Å². The van der Waals surface area contributed by atoms with Gasteiger partial charge in [0.2, 0.25) is 5.91 Å². The number of morpholine rings is 1. The van der Waals surface area contributed by atoms with Gasteiger partial charge < -0.3 is 15.6 Å². The van der Waals surface area contributed by atoms with Crippen LogP contribution in [-0.4, -0.2) is 74.2 Å². The number of hydrogen-bond donors (Lipinski definition) is 2. The first-order valence-electron chi connectivity index (χ1n) is 5.85. The molecule has 0 spiro atoms. The van der Waals surface area contributed by atoms with Gasteiger partial charge in [0.15, 0.2) is 15.9 Å². The number of aliphatic carboxylic acids is 1. The average Bonchev–Trinajstić information content (AvgIpc) is 2.35. The number of primary amides is 1. The lowest BCUT2D eigenvalue weighted by atomic mass is 10.3. The van der Waals surface area contributed by atoms with Crippen LogP contribution in [0.15, 0.2) is 0 Å². The van der Waals surface area contributed by atoms with Crippen LogP contribution >= 0.6 is 0 Å². The van der Waals surface area contributed by atoms with Gasteiger partial charge in [0.05, 0.1) is 18.1 Å². The van der Waals surface area contributed by atoms with E-state index < -0.39 is 27.8 Å². The van der Waals surface area contributed by atoms with Gasteiger partial charge >= 0.3 is 5.97 Å². The molecule has 9 heteroatoms. The first-order chi connectivity index (χ1) is 8.80. The number of nitrogens with zero attached hydrogens (tertiary/aromatic N) is 1. The van der Waals surface area contributed by atoms with Crippen LogP contribution in [0, 0.1) is 0 Å². The standard InChI is InChI=1S/C10H18N2O6S/c11-9(13)1-5-19(16,17)6-3-12-2-4-18-8(7-12)10(14)15/h8H,1-7H2,(H2,11,13)(H,14,15). The Kier molecular flexibility index (Phi) is 5.70. The van der Waals surface area contributed by atoms with Crippen LogP contribution in [0.25, 0.3) is 0 Å². The average molecular weight is 294 g/mol. The highest BCUT2D eigenvalue weighted by molar-refractivity contribution is 7.91. The van der Waals surface area contributed by atoms with Crippen molar-refractivity contribution in [2.45, 2.75) is 12.5 Å². The molecule has 8 nitrogen and oxygen atoms in total. The fourth-order valence-electron chi connectivity index (χ4n) is 1.68. The Morgan fingerprint density at radius 3 is 2.63 bits per heavy atom. The molecular formula is C10H18N2O6S. The molecule has 1 aliphatic rings. The smallest absolute Gasteiger partial charge is 0.334 e. The molecule has 0 radical (unpaired) electrons. The maximum absolute atomic E-state index is 11.6. The van der Waals surface area contributed by atoms with E-state index in [2.05, 4.69) is 0 Å². The van der Waals surface area contributed by atoms with Gasteiger partial charge in [-0.25, -0.2) is 13.2 Å². The molecular weight excluding hydrogens is 276 g/mol. The lowest BCUT2D eigenvalue weighted by molar-refractivity contribution is -0.155. The van der Waals surface area contributed by atoms with Crippen molar-refractivity contribution in [3.8, 4) is 0 Å². The zero-order valence-corrected chi connectivity index (χ0v) is 11.3. The summed E-state index contributed by atoms with van der Waals surface area (Å²) in [5, 5.41) is 8.81. The maximum Gasteiger partial charge on any atom is 0.334 e. The molecule has 3 N–H and O–H groups in total. The second-order valence-electron chi connectivity index (χ2n) is 4.37. The van der Waals surface area contributed by atoms with Crippen molar-refractivity contribution < 1.29 is 27.9 Å². The number of hydrogen-bond acceptors (Lipinski definition) is 6. The van der Waals surface area contributed by atoms with Gasteiger partial charge in [0, 0.05) is 26.1 Å². The number of amides is 1. The molecule has 19 heavy (non-hydrogen) atoms.